The molecule has 2 heteroatoms. The maximum Gasteiger partial charge on any atom is 0.0227 e. The Morgan fingerprint density at radius 2 is 1.81 bits per heavy atom. The van der Waals surface area contributed by atoms with Gasteiger partial charge in [0.25, 0.3) is 0 Å². The van der Waals surface area contributed by atoms with E-state index < -0.39 is 0 Å². The number of hydrogen-bond donors (Lipinski definition) is 1. The molecule has 0 radical (unpaired) electrons. The SMILES string of the molecule is CN(C)Cc1cccc(CCC(C)(C)N)c1. The molecule has 90 valence electrons. The molecule has 2 N–H and O–H groups in total. The standard InChI is InChI=1S/C14H24N2/c1-14(2,15)9-8-12-6-5-7-13(10-12)11-16(3)4/h5-7,10H,8-9,11,15H2,1-4H3. The maximum atomic E-state index is 5.99. The van der Waals surface area contributed by atoms with Crippen LogP contribution in [-0.4, -0.2) is 24.5 Å². The molecule has 16 heavy (non-hydrogen) atoms. The molecule has 0 heterocycles. The Hall–Kier alpha value is -0.860. The van der Waals surface area contributed by atoms with Crippen LogP contribution in [-0.2, 0) is 13.0 Å². The smallest absolute Gasteiger partial charge is 0.0227 e. The second-order valence-electron chi connectivity index (χ2n) is 5.55. The fraction of sp³-hybridized carbons (Fsp3) is 0.571. The van der Waals surface area contributed by atoms with Crippen LogP contribution in [0.25, 0.3) is 0 Å². The summed E-state index contributed by atoms with van der Waals surface area (Å²) in [7, 11) is 4.19. The van der Waals surface area contributed by atoms with E-state index in [1.54, 1.807) is 0 Å². The van der Waals surface area contributed by atoms with Gasteiger partial charge >= 0.3 is 0 Å². The minimum atomic E-state index is -0.0719. The van der Waals surface area contributed by atoms with Crippen LogP contribution in [0.1, 0.15) is 31.4 Å². The molecular weight excluding hydrogens is 196 g/mol. The lowest BCUT2D eigenvalue weighted by molar-refractivity contribution is 0.402. The lowest BCUT2D eigenvalue weighted by Gasteiger charge is -2.18. The third-order valence-electron chi connectivity index (χ3n) is 2.55. The second kappa shape index (κ2) is 5.46. The fourth-order valence-corrected chi connectivity index (χ4v) is 1.72. The van der Waals surface area contributed by atoms with Crippen molar-refractivity contribution in [3.8, 4) is 0 Å². The zero-order valence-corrected chi connectivity index (χ0v) is 11.0. The van der Waals surface area contributed by atoms with Crippen LogP contribution < -0.4 is 5.73 Å². The van der Waals surface area contributed by atoms with Crippen LogP contribution in [0, 0.1) is 0 Å². The van der Waals surface area contributed by atoms with Gasteiger partial charge in [0.05, 0.1) is 0 Å². The van der Waals surface area contributed by atoms with Gasteiger partial charge in [-0.25, -0.2) is 0 Å². The van der Waals surface area contributed by atoms with E-state index in [9.17, 15) is 0 Å². The minimum absolute atomic E-state index is 0.0719. The maximum absolute atomic E-state index is 5.99. The monoisotopic (exact) mass is 220 g/mol. The summed E-state index contributed by atoms with van der Waals surface area (Å²) in [5.41, 5.74) is 8.68. The van der Waals surface area contributed by atoms with E-state index in [2.05, 4.69) is 57.1 Å². The Bertz CT molecular complexity index is 324. The molecule has 2 nitrogen and oxygen atoms in total. The van der Waals surface area contributed by atoms with Crippen molar-refractivity contribution in [2.45, 2.75) is 38.8 Å². The van der Waals surface area contributed by atoms with Gasteiger partial charge in [0.15, 0.2) is 0 Å². The molecule has 0 spiro atoms. The number of nitrogens with zero attached hydrogens (tertiary/aromatic N) is 1. The van der Waals surface area contributed by atoms with E-state index in [4.69, 9.17) is 5.73 Å². The fourth-order valence-electron chi connectivity index (χ4n) is 1.72. The van der Waals surface area contributed by atoms with E-state index in [-0.39, 0.29) is 5.54 Å². The summed E-state index contributed by atoms with van der Waals surface area (Å²) in [4.78, 5) is 2.19. The molecule has 0 bridgehead atoms. The normalized spacial score (nSPS) is 12.1. The van der Waals surface area contributed by atoms with E-state index in [0.29, 0.717) is 0 Å². The molecule has 1 rings (SSSR count). The average molecular weight is 220 g/mol. The molecule has 0 saturated heterocycles. The zero-order valence-electron chi connectivity index (χ0n) is 11.0. The zero-order chi connectivity index (χ0) is 12.2. The van der Waals surface area contributed by atoms with Gasteiger partial charge in [0, 0.05) is 12.1 Å². The van der Waals surface area contributed by atoms with Crippen molar-refractivity contribution in [3.63, 3.8) is 0 Å². The number of benzene rings is 1. The number of nitrogens with two attached hydrogens (primary N) is 1. The molecule has 0 saturated carbocycles. The van der Waals surface area contributed by atoms with Crippen molar-refractivity contribution < 1.29 is 0 Å². The Morgan fingerprint density at radius 3 is 2.38 bits per heavy atom. The molecule has 0 aliphatic carbocycles. The minimum Gasteiger partial charge on any atom is -0.326 e. The Labute approximate surface area is 99.5 Å². The first-order valence-corrected chi connectivity index (χ1v) is 5.88. The highest BCUT2D eigenvalue weighted by Crippen LogP contribution is 2.13. The van der Waals surface area contributed by atoms with Crippen LogP contribution in [0.4, 0.5) is 0 Å². The van der Waals surface area contributed by atoms with Crippen molar-refractivity contribution in [1.82, 2.24) is 4.90 Å². The van der Waals surface area contributed by atoms with E-state index in [0.717, 1.165) is 19.4 Å². The topological polar surface area (TPSA) is 29.3 Å². The van der Waals surface area contributed by atoms with E-state index in [1.807, 2.05) is 0 Å². The summed E-state index contributed by atoms with van der Waals surface area (Å²) < 4.78 is 0. The number of hydrogen-bond acceptors (Lipinski definition) is 2. The van der Waals surface area contributed by atoms with Crippen molar-refractivity contribution in [1.29, 1.82) is 0 Å². The molecule has 0 aliphatic heterocycles. The molecule has 0 amide bonds. The molecular formula is C14H24N2. The van der Waals surface area contributed by atoms with Gasteiger partial charge in [-0.3, -0.25) is 0 Å². The summed E-state index contributed by atoms with van der Waals surface area (Å²) in [6, 6.07) is 8.78. The van der Waals surface area contributed by atoms with Crippen LogP contribution in [0.3, 0.4) is 0 Å². The number of aryl methyl sites for hydroxylation is 1. The molecule has 0 unspecified atom stereocenters. The van der Waals surface area contributed by atoms with Crippen LogP contribution in [0.2, 0.25) is 0 Å². The highest BCUT2D eigenvalue weighted by Gasteiger charge is 2.10. The molecule has 0 aromatic heterocycles. The third-order valence-corrected chi connectivity index (χ3v) is 2.55. The van der Waals surface area contributed by atoms with Crippen molar-refractivity contribution in [3.05, 3.63) is 35.4 Å². The summed E-state index contributed by atoms with van der Waals surface area (Å²) in [6.07, 6.45) is 2.09. The largest absolute Gasteiger partial charge is 0.326 e. The first-order valence-electron chi connectivity index (χ1n) is 5.88. The Kier molecular flexibility index (Phi) is 4.51. The predicted octanol–water partition coefficient (Wildman–Crippen LogP) is 2.42. The first kappa shape index (κ1) is 13.2. The van der Waals surface area contributed by atoms with Gasteiger partial charge in [0.1, 0.15) is 0 Å². The highest BCUT2D eigenvalue weighted by atomic mass is 15.0. The molecule has 1 aromatic carbocycles. The highest BCUT2D eigenvalue weighted by molar-refractivity contribution is 5.23. The van der Waals surface area contributed by atoms with Crippen LogP contribution in [0.15, 0.2) is 24.3 Å². The van der Waals surface area contributed by atoms with Crippen LogP contribution >= 0.6 is 0 Å². The van der Waals surface area contributed by atoms with Gasteiger partial charge < -0.3 is 10.6 Å². The Morgan fingerprint density at radius 1 is 1.19 bits per heavy atom. The number of rotatable bonds is 5. The van der Waals surface area contributed by atoms with Gasteiger partial charge in [-0.05, 0) is 51.9 Å². The van der Waals surface area contributed by atoms with Crippen molar-refractivity contribution in [2.75, 3.05) is 14.1 Å². The average Bonchev–Trinajstić information content (AvgIpc) is 2.13. The van der Waals surface area contributed by atoms with Gasteiger partial charge in [-0.1, -0.05) is 24.3 Å². The van der Waals surface area contributed by atoms with Gasteiger partial charge in [-0.2, -0.15) is 0 Å². The van der Waals surface area contributed by atoms with Crippen molar-refractivity contribution in [2.24, 2.45) is 5.73 Å². The Balaban J connectivity index is 2.60. The van der Waals surface area contributed by atoms with Crippen molar-refractivity contribution >= 4 is 0 Å². The van der Waals surface area contributed by atoms with Crippen LogP contribution in [0.5, 0.6) is 0 Å². The summed E-state index contributed by atoms with van der Waals surface area (Å²) in [5, 5.41) is 0. The van der Waals surface area contributed by atoms with E-state index >= 15 is 0 Å². The lowest BCUT2D eigenvalue weighted by Crippen LogP contribution is -2.32. The molecule has 0 atom stereocenters. The first-order chi connectivity index (χ1) is 7.37. The summed E-state index contributed by atoms with van der Waals surface area (Å²) >= 11 is 0. The predicted molar refractivity (Wildman–Crippen MR) is 70.4 cm³/mol. The van der Waals surface area contributed by atoms with Gasteiger partial charge in [0.2, 0.25) is 0 Å². The lowest BCUT2D eigenvalue weighted by atomic mass is 9.96. The molecule has 0 aliphatic rings. The second-order valence-corrected chi connectivity index (χ2v) is 5.55. The third kappa shape index (κ3) is 5.29. The molecule has 1 aromatic rings. The molecule has 0 fully saturated rings. The van der Waals surface area contributed by atoms with Gasteiger partial charge in [-0.15, -0.1) is 0 Å². The summed E-state index contributed by atoms with van der Waals surface area (Å²) in [5.74, 6) is 0. The quantitative estimate of drug-likeness (QED) is 0.825. The summed E-state index contributed by atoms with van der Waals surface area (Å²) in [6.45, 7) is 5.16. The van der Waals surface area contributed by atoms with E-state index in [1.165, 1.54) is 11.1 Å².